The predicted octanol–water partition coefficient (Wildman–Crippen LogP) is 4.09. The topological polar surface area (TPSA) is 9.23 Å². The molecule has 14 heavy (non-hydrogen) atoms. The second kappa shape index (κ2) is 7.24. The maximum absolute atomic E-state index is 5.59. The number of rotatable bonds is 6. The van der Waals surface area contributed by atoms with Gasteiger partial charge in [-0.1, -0.05) is 39.7 Å². The van der Waals surface area contributed by atoms with Gasteiger partial charge in [0, 0.05) is 11.9 Å². The van der Waals surface area contributed by atoms with Crippen molar-refractivity contribution in [2.24, 2.45) is 0 Å². The van der Waals surface area contributed by atoms with Crippen LogP contribution in [0.5, 0.6) is 0 Å². The minimum atomic E-state index is -0.0417. The highest BCUT2D eigenvalue weighted by atomic mass is 79.9. The largest absolute Gasteiger partial charge is 0.376 e. The molecule has 0 aromatic heterocycles. The first-order chi connectivity index (χ1) is 6.52. The van der Waals surface area contributed by atoms with E-state index in [4.69, 9.17) is 4.74 Å². The first kappa shape index (κ1) is 13.9. The van der Waals surface area contributed by atoms with Crippen molar-refractivity contribution in [3.05, 3.63) is 23.8 Å². The van der Waals surface area contributed by atoms with Gasteiger partial charge in [-0.3, -0.25) is 0 Å². The lowest BCUT2D eigenvalue weighted by Crippen LogP contribution is -2.23. The van der Waals surface area contributed by atoms with Gasteiger partial charge < -0.3 is 4.74 Å². The fourth-order valence-corrected chi connectivity index (χ4v) is 1.68. The summed E-state index contributed by atoms with van der Waals surface area (Å²) < 4.78 is 5.59. The molecule has 0 saturated carbocycles. The van der Waals surface area contributed by atoms with E-state index in [0.717, 1.165) is 18.4 Å². The monoisotopic (exact) mass is 260 g/mol. The molecule has 0 aromatic carbocycles. The summed E-state index contributed by atoms with van der Waals surface area (Å²) in [6.07, 6.45) is 7.41. The summed E-state index contributed by atoms with van der Waals surface area (Å²) in [5, 5.41) is 0.915. The van der Waals surface area contributed by atoms with Crippen molar-refractivity contribution in [3.8, 4) is 0 Å². The van der Waals surface area contributed by atoms with Crippen molar-refractivity contribution < 1.29 is 4.74 Å². The maximum Gasteiger partial charge on any atom is 0.0660 e. The van der Waals surface area contributed by atoms with Gasteiger partial charge in [0.25, 0.3) is 0 Å². The molecule has 0 fully saturated rings. The Bertz CT molecular complexity index is 204. The summed E-state index contributed by atoms with van der Waals surface area (Å²) >= 11 is 3.37. The third-order valence-electron chi connectivity index (χ3n) is 1.92. The van der Waals surface area contributed by atoms with Crippen molar-refractivity contribution in [1.82, 2.24) is 0 Å². The van der Waals surface area contributed by atoms with E-state index in [2.05, 4.69) is 54.9 Å². The van der Waals surface area contributed by atoms with Crippen LogP contribution in [-0.4, -0.2) is 17.5 Å². The summed E-state index contributed by atoms with van der Waals surface area (Å²) in [5.74, 6) is 0. The normalized spacial score (nSPS) is 13.9. The molecule has 0 aliphatic heterocycles. The molecule has 0 saturated heterocycles. The number of halogens is 1. The Morgan fingerprint density at radius 2 is 2.07 bits per heavy atom. The van der Waals surface area contributed by atoms with E-state index >= 15 is 0 Å². The molecule has 0 aliphatic carbocycles. The zero-order chi connectivity index (χ0) is 11.0. The van der Waals surface area contributed by atoms with Crippen LogP contribution in [0.2, 0.25) is 0 Å². The highest BCUT2D eigenvalue weighted by molar-refractivity contribution is 9.09. The van der Waals surface area contributed by atoms with Gasteiger partial charge in [-0.2, -0.15) is 0 Å². The number of hydrogen-bond acceptors (Lipinski definition) is 1. The van der Waals surface area contributed by atoms with Crippen LogP contribution in [0.4, 0.5) is 0 Å². The zero-order valence-electron chi connectivity index (χ0n) is 9.64. The average molecular weight is 261 g/mol. The molecule has 0 aromatic rings. The Morgan fingerprint density at radius 3 is 2.57 bits per heavy atom. The van der Waals surface area contributed by atoms with Gasteiger partial charge in [-0.15, -0.1) is 0 Å². The van der Waals surface area contributed by atoms with Crippen LogP contribution in [0.1, 0.15) is 34.1 Å². The van der Waals surface area contributed by atoms with Crippen molar-refractivity contribution in [2.75, 3.05) is 11.9 Å². The SMILES string of the molecule is CCOC(C)(C)C/C=C/C(C)=C/CBr. The van der Waals surface area contributed by atoms with Crippen LogP contribution >= 0.6 is 15.9 Å². The third-order valence-corrected chi connectivity index (χ3v) is 2.25. The fourth-order valence-electron chi connectivity index (χ4n) is 1.17. The lowest BCUT2D eigenvalue weighted by Gasteiger charge is -2.22. The Balaban J connectivity index is 3.97. The lowest BCUT2D eigenvalue weighted by atomic mass is 10.0. The second-order valence-corrected chi connectivity index (χ2v) is 4.55. The van der Waals surface area contributed by atoms with Crippen LogP contribution < -0.4 is 0 Å². The van der Waals surface area contributed by atoms with E-state index < -0.39 is 0 Å². The molecule has 0 spiro atoms. The minimum Gasteiger partial charge on any atom is -0.376 e. The molecular formula is C12H21BrO. The van der Waals surface area contributed by atoms with E-state index in [-0.39, 0.29) is 5.60 Å². The molecule has 0 bridgehead atoms. The molecule has 0 radical (unpaired) electrons. The highest BCUT2D eigenvalue weighted by Crippen LogP contribution is 2.15. The Morgan fingerprint density at radius 1 is 1.43 bits per heavy atom. The van der Waals surface area contributed by atoms with Crippen LogP contribution in [0.25, 0.3) is 0 Å². The van der Waals surface area contributed by atoms with Crippen LogP contribution in [-0.2, 0) is 4.74 Å². The van der Waals surface area contributed by atoms with Crippen LogP contribution in [0.3, 0.4) is 0 Å². The van der Waals surface area contributed by atoms with Gasteiger partial charge in [0.15, 0.2) is 0 Å². The van der Waals surface area contributed by atoms with E-state index in [1.807, 2.05) is 6.92 Å². The molecule has 2 heteroatoms. The minimum absolute atomic E-state index is 0.0417. The summed E-state index contributed by atoms with van der Waals surface area (Å²) in [6, 6.07) is 0. The van der Waals surface area contributed by atoms with Crippen LogP contribution in [0, 0.1) is 0 Å². The quantitative estimate of drug-likeness (QED) is 0.517. The van der Waals surface area contributed by atoms with Gasteiger partial charge >= 0.3 is 0 Å². The molecule has 0 atom stereocenters. The smallest absolute Gasteiger partial charge is 0.0660 e. The molecule has 0 amide bonds. The van der Waals surface area contributed by atoms with Gasteiger partial charge in [-0.05, 0) is 34.1 Å². The van der Waals surface area contributed by atoms with Gasteiger partial charge in [0.1, 0.15) is 0 Å². The fraction of sp³-hybridized carbons (Fsp3) is 0.667. The highest BCUT2D eigenvalue weighted by Gasteiger charge is 2.14. The van der Waals surface area contributed by atoms with Crippen molar-refractivity contribution in [3.63, 3.8) is 0 Å². The first-order valence-electron chi connectivity index (χ1n) is 5.05. The number of alkyl halides is 1. The summed E-state index contributed by atoms with van der Waals surface area (Å²) in [6.45, 7) is 9.14. The third kappa shape index (κ3) is 7.34. The van der Waals surface area contributed by atoms with Crippen molar-refractivity contribution in [2.45, 2.75) is 39.7 Å². The number of hydrogen-bond donors (Lipinski definition) is 0. The molecule has 0 heterocycles. The maximum atomic E-state index is 5.59. The zero-order valence-corrected chi connectivity index (χ0v) is 11.2. The average Bonchev–Trinajstić information content (AvgIpc) is 2.03. The van der Waals surface area contributed by atoms with Gasteiger partial charge in [0.2, 0.25) is 0 Å². The molecular weight excluding hydrogens is 240 g/mol. The number of allylic oxidation sites excluding steroid dienone is 3. The predicted molar refractivity (Wildman–Crippen MR) is 67.0 cm³/mol. The molecule has 0 unspecified atom stereocenters. The van der Waals surface area contributed by atoms with E-state index in [0.29, 0.717) is 0 Å². The lowest BCUT2D eigenvalue weighted by molar-refractivity contribution is -0.00732. The van der Waals surface area contributed by atoms with E-state index in [1.165, 1.54) is 5.57 Å². The second-order valence-electron chi connectivity index (χ2n) is 3.90. The molecule has 0 rings (SSSR count). The van der Waals surface area contributed by atoms with E-state index in [1.54, 1.807) is 0 Å². The Kier molecular flexibility index (Phi) is 7.20. The molecule has 1 nitrogen and oxygen atoms in total. The van der Waals surface area contributed by atoms with Gasteiger partial charge in [-0.25, -0.2) is 0 Å². The van der Waals surface area contributed by atoms with Crippen LogP contribution in [0.15, 0.2) is 23.8 Å². The molecule has 82 valence electrons. The van der Waals surface area contributed by atoms with E-state index in [9.17, 15) is 0 Å². The summed E-state index contributed by atoms with van der Waals surface area (Å²) in [5.41, 5.74) is 1.24. The Labute approximate surface area is 96.4 Å². The first-order valence-corrected chi connectivity index (χ1v) is 6.17. The molecule has 0 aliphatic rings. The summed E-state index contributed by atoms with van der Waals surface area (Å²) in [7, 11) is 0. The Hall–Kier alpha value is -0.0800. The molecule has 0 N–H and O–H groups in total. The standard InChI is InChI=1S/C12H21BrO/c1-5-14-12(3,4)9-6-7-11(2)8-10-13/h6-8H,5,9-10H2,1-4H3/b7-6+,11-8+. The number of ether oxygens (including phenoxy) is 1. The van der Waals surface area contributed by atoms with Crippen molar-refractivity contribution in [1.29, 1.82) is 0 Å². The van der Waals surface area contributed by atoms with Crippen molar-refractivity contribution >= 4 is 15.9 Å². The van der Waals surface area contributed by atoms with Gasteiger partial charge in [0.05, 0.1) is 5.60 Å². The summed E-state index contributed by atoms with van der Waals surface area (Å²) in [4.78, 5) is 0.